The van der Waals surface area contributed by atoms with Crippen molar-refractivity contribution in [3.05, 3.63) is 53.6 Å². The Hall–Kier alpha value is -1.86. The van der Waals surface area contributed by atoms with E-state index in [-0.39, 0.29) is 10.7 Å². The second-order valence-corrected chi connectivity index (χ2v) is 6.74. The van der Waals surface area contributed by atoms with Crippen molar-refractivity contribution in [3.8, 4) is 16.5 Å². The molecule has 1 aliphatic rings. The summed E-state index contributed by atoms with van der Waals surface area (Å²) in [6.45, 7) is 0. The molecule has 0 atom stereocenters. The van der Waals surface area contributed by atoms with Crippen LogP contribution in [0.1, 0.15) is 43.6 Å². The monoisotopic (exact) mass is 329 g/mol. The van der Waals surface area contributed by atoms with E-state index in [1.807, 2.05) is 11.5 Å². The highest BCUT2D eigenvalue weighted by Gasteiger charge is 2.17. The Labute approximate surface area is 139 Å². The van der Waals surface area contributed by atoms with Crippen LogP contribution in [0.3, 0.4) is 0 Å². The Balaban J connectivity index is 1.88. The maximum atomic E-state index is 14.5. The number of thiocyanates is 1. The minimum absolute atomic E-state index is 0.260. The van der Waals surface area contributed by atoms with Crippen molar-refractivity contribution in [3.63, 3.8) is 0 Å². The van der Waals surface area contributed by atoms with Crippen LogP contribution in [0.2, 0.25) is 0 Å². The molecule has 1 aliphatic carbocycles. The van der Waals surface area contributed by atoms with Gasteiger partial charge < -0.3 is 0 Å². The van der Waals surface area contributed by atoms with Crippen LogP contribution in [0.25, 0.3) is 11.1 Å². The molecule has 0 saturated heterocycles. The number of benzene rings is 2. The SMILES string of the molecule is N#CSc1ccc(-c2ccc(C3CCCCC3)cc2F)cc1F. The van der Waals surface area contributed by atoms with Gasteiger partial charge in [-0.3, -0.25) is 0 Å². The van der Waals surface area contributed by atoms with Gasteiger partial charge in [-0.1, -0.05) is 37.5 Å². The molecule has 0 aromatic heterocycles. The standard InChI is InChI=1S/C19H17F2NS/c20-17-10-14(13-4-2-1-3-5-13)6-8-16(17)15-7-9-19(23-12-22)18(21)11-15/h6-11,13H,1-5H2. The summed E-state index contributed by atoms with van der Waals surface area (Å²) in [6, 6.07) is 9.77. The van der Waals surface area contributed by atoms with Crippen molar-refractivity contribution in [1.82, 2.24) is 0 Å². The highest BCUT2D eigenvalue weighted by Crippen LogP contribution is 2.35. The first kappa shape index (κ1) is 16.0. The Bertz CT molecular complexity index is 746. The van der Waals surface area contributed by atoms with E-state index >= 15 is 0 Å². The highest BCUT2D eigenvalue weighted by molar-refractivity contribution is 8.03. The van der Waals surface area contributed by atoms with Crippen molar-refractivity contribution < 1.29 is 8.78 Å². The molecule has 4 heteroatoms. The van der Waals surface area contributed by atoms with Gasteiger partial charge in [-0.05, 0) is 59.8 Å². The van der Waals surface area contributed by atoms with Crippen LogP contribution in [-0.2, 0) is 0 Å². The van der Waals surface area contributed by atoms with Crippen LogP contribution >= 0.6 is 11.8 Å². The van der Waals surface area contributed by atoms with Crippen molar-refractivity contribution >= 4 is 11.8 Å². The molecule has 1 saturated carbocycles. The third-order valence-corrected chi connectivity index (χ3v) is 5.11. The first-order chi connectivity index (χ1) is 11.2. The molecule has 0 amide bonds. The molecular formula is C19H17F2NS. The molecular weight excluding hydrogens is 312 g/mol. The normalized spacial score (nSPS) is 15.3. The average molecular weight is 329 g/mol. The quantitative estimate of drug-likeness (QED) is 0.490. The summed E-state index contributed by atoms with van der Waals surface area (Å²) in [5, 5.41) is 10.5. The van der Waals surface area contributed by atoms with E-state index in [1.165, 1.54) is 31.4 Å². The van der Waals surface area contributed by atoms with E-state index in [0.29, 0.717) is 17.0 Å². The lowest BCUT2D eigenvalue weighted by Gasteiger charge is -2.22. The van der Waals surface area contributed by atoms with Gasteiger partial charge in [-0.25, -0.2) is 8.78 Å². The van der Waals surface area contributed by atoms with Crippen molar-refractivity contribution in [2.75, 3.05) is 0 Å². The fourth-order valence-corrected chi connectivity index (χ4v) is 3.65. The third kappa shape index (κ3) is 3.56. The molecule has 0 bridgehead atoms. The molecule has 118 valence electrons. The molecule has 2 aromatic rings. The second-order valence-electron chi connectivity index (χ2n) is 5.91. The Morgan fingerprint density at radius 1 is 0.957 bits per heavy atom. The maximum absolute atomic E-state index is 14.5. The summed E-state index contributed by atoms with van der Waals surface area (Å²) in [5.74, 6) is -0.364. The molecule has 1 nitrogen and oxygen atoms in total. The first-order valence-electron chi connectivity index (χ1n) is 7.84. The van der Waals surface area contributed by atoms with E-state index in [4.69, 9.17) is 5.26 Å². The summed E-state index contributed by atoms with van der Waals surface area (Å²) in [6.07, 6.45) is 5.92. The second kappa shape index (κ2) is 7.14. The number of halogens is 2. The molecule has 0 radical (unpaired) electrons. The molecule has 0 aliphatic heterocycles. The fraction of sp³-hybridized carbons (Fsp3) is 0.316. The summed E-state index contributed by atoms with van der Waals surface area (Å²) in [5.41, 5.74) is 1.94. The predicted molar refractivity (Wildman–Crippen MR) is 89.1 cm³/mol. The molecule has 3 rings (SSSR count). The zero-order valence-electron chi connectivity index (χ0n) is 12.7. The van der Waals surface area contributed by atoms with E-state index in [9.17, 15) is 8.78 Å². The molecule has 0 unspecified atom stereocenters. The molecule has 0 N–H and O–H groups in total. The van der Waals surface area contributed by atoms with Gasteiger partial charge in [0.2, 0.25) is 0 Å². The van der Waals surface area contributed by atoms with Gasteiger partial charge in [0, 0.05) is 5.56 Å². The summed E-state index contributed by atoms with van der Waals surface area (Å²) in [7, 11) is 0. The van der Waals surface area contributed by atoms with Crippen LogP contribution in [0, 0.1) is 22.3 Å². The lowest BCUT2D eigenvalue weighted by atomic mass is 9.83. The van der Waals surface area contributed by atoms with Gasteiger partial charge >= 0.3 is 0 Å². The summed E-state index contributed by atoms with van der Waals surface area (Å²) >= 11 is 0.768. The average Bonchev–Trinajstić information content (AvgIpc) is 2.58. The Morgan fingerprint density at radius 2 is 1.74 bits per heavy atom. The fourth-order valence-electron chi connectivity index (χ4n) is 3.26. The number of thioether (sulfide) groups is 1. The minimum Gasteiger partial charge on any atom is -0.206 e. The highest BCUT2D eigenvalue weighted by atomic mass is 32.2. The third-order valence-electron chi connectivity index (χ3n) is 4.47. The number of hydrogen-bond donors (Lipinski definition) is 0. The Kier molecular flexibility index (Phi) is 4.97. The van der Waals surface area contributed by atoms with Crippen LogP contribution in [0.5, 0.6) is 0 Å². The van der Waals surface area contributed by atoms with Gasteiger partial charge in [-0.2, -0.15) is 5.26 Å². The number of nitrogens with zero attached hydrogens (tertiary/aromatic N) is 1. The molecule has 1 fully saturated rings. The van der Waals surface area contributed by atoms with E-state index in [1.54, 1.807) is 18.2 Å². The Morgan fingerprint density at radius 3 is 2.39 bits per heavy atom. The van der Waals surface area contributed by atoms with Crippen LogP contribution in [0.4, 0.5) is 8.78 Å². The predicted octanol–water partition coefficient (Wildman–Crippen LogP) is 6.25. The first-order valence-corrected chi connectivity index (χ1v) is 8.66. The largest absolute Gasteiger partial charge is 0.206 e. The van der Waals surface area contributed by atoms with Crippen LogP contribution in [-0.4, -0.2) is 0 Å². The number of rotatable bonds is 3. The number of nitriles is 1. The van der Waals surface area contributed by atoms with E-state index < -0.39 is 5.82 Å². The van der Waals surface area contributed by atoms with Crippen molar-refractivity contribution in [2.24, 2.45) is 0 Å². The zero-order chi connectivity index (χ0) is 16.2. The maximum Gasteiger partial charge on any atom is 0.138 e. The van der Waals surface area contributed by atoms with Crippen molar-refractivity contribution in [2.45, 2.75) is 42.9 Å². The molecule has 23 heavy (non-hydrogen) atoms. The summed E-state index contributed by atoms with van der Waals surface area (Å²) in [4.78, 5) is 0.260. The smallest absolute Gasteiger partial charge is 0.138 e. The van der Waals surface area contributed by atoms with Gasteiger partial charge in [0.1, 0.15) is 17.0 Å². The van der Waals surface area contributed by atoms with E-state index in [0.717, 1.165) is 30.2 Å². The topological polar surface area (TPSA) is 23.8 Å². The summed E-state index contributed by atoms with van der Waals surface area (Å²) < 4.78 is 28.4. The van der Waals surface area contributed by atoms with Gasteiger partial charge in [0.25, 0.3) is 0 Å². The van der Waals surface area contributed by atoms with E-state index in [2.05, 4.69) is 0 Å². The minimum atomic E-state index is -0.496. The molecule has 0 heterocycles. The zero-order valence-corrected chi connectivity index (χ0v) is 13.5. The lowest BCUT2D eigenvalue weighted by molar-refractivity contribution is 0.442. The number of hydrogen-bond acceptors (Lipinski definition) is 2. The van der Waals surface area contributed by atoms with Crippen LogP contribution < -0.4 is 0 Å². The van der Waals surface area contributed by atoms with Gasteiger partial charge in [-0.15, -0.1) is 0 Å². The molecule has 2 aromatic carbocycles. The van der Waals surface area contributed by atoms with Crippen molar-refractivity contribution in [1.29, 1.82) is 5.26 Å². The van der Waals surface area contributed by atoms with Gasteiger partial charge in [0.15, 0.2) is 0 Å². The van der Waals surface area contributed by atoms with Crippen LogP contribution in [0.15, 0.2) is 41.3 Å². The lowest BCUT2D eigenvalue weighted by Crippen LogP contribution is -2.05. The molecule has 0 spiro atoms. The van der Waals surface area contributed by atoms with Gasteiger partial charge in [0.05, 0.1) is 4.90 Å².